The van der Waals surface area contributed by atoms with Crippen molar-refractivity contribution >= 4 is 29.3 Å². The van der Waals surface area contributed by atoms with E-state index in [-0.39, 0.29) is 11.7 Å². The number of thioether (sulfide) groups is 1. The van der Waals surface area contributed by atoms with Crippen LogP contribution in [0, 0.1) is 0 Å². The van der Waals surface area contributed by atoms with Crippen molar-refractivity contribution in [3.05, 3.63) is 72.7 Å². The van der Waals surface area contributed by atoms with Crippen LogP contribution in [-0.2, 0) is 4.79 Å². The molecule has 0 unspecified atom stereocenters. The number of hydrogen-bond acceptors (Lipinski definition) is 6. The maximum absolute atomic E-state index is 12.8. The van der Waals surface area contributed by atoms with Crippen LogP contribution >= 0.6 is 11.8 Å². The van der Waals surface area contributed by atoms with Gasteiger partial charge < -0.3 is 24.5 Å². The average molecular weight is 455 g/mol. The van der Waals surface area contributed by atoms with Gasteiger partial charge in [0, 0.05) is 5.69 Å². The fourth-order valence-electron chi connectivity index (χ4n) is 2.88. The normalized spacial score (nSPS) is 11.4. The minimum absolute atomic E-state index is 0.169. The molecule has 8 heteroatoms. The fourth-order valence-corrected chi connectivity index (χ4v) is 3.36. The topological polar surface area (TPSA) is 89.8 Å². The molecule has 0 radical (unpaired) electrons. The van der Waals surface area contributed by atoms with Gasteiger partial charge in [0.1, 0.15) is 23.3 Å². The molecule has 2 N–H and O–H groups in total. The van der Waals surface area contributed by atoms with E-state index in [0.717, 1.165) is 11.5 Å². The Hall–Kier alpha value is -3.39. The first-order valence-corrected chi connectivity index (χ1v) is 11.6. The first-order chi connectivity index (χ1) is 15.6. The second-order valence-corrected chi connectivity index (χ2v) is 7.79. The van der Waals surface area contributed by atoms with Crippen molar-refractivity contribution in [1.82, 2.24) is 5.32 Å². The van der Waals surface area contributed by atoms with E-state index >= 15 is 0 Å². The summed E-state index contributed by atoms with van der Waals surface area (Å²) in [5.41, 5.74) is 0.607. The number of rotatable bonds is 11. The van der Waals surface area contributed by atoms with Gasteiger partial charge in [-0.05, 0) is 86.0 Å². The smallest absolute Gasteiger partial charge is 0.287 e. The van der Waals surface area contributed by atoms with E-state index in [1.165, 1.54) is 6.26 Å². The lowest BCUT2D eigenvalue weighted by Crippen LogP contribution is -2.44. The molecule has 7 nitrogen and oxygen atoms in total. The molecular weight excluding hydrogens is 428 g/mol. The van der Waals surface area contributed by atoms with E-state index in [9.17, 15) is 9.59 Å². The van der Waals surface area contributed by atoms with Gasteiger partial charge in [-0.3, -0.25) is 9.59 Å². The summed E-state index contributed by atoms with van der Waals surface area (Å²) in [6, 6.07) is 16.9. The molecule has 168 valence electrons. The van der Waals surface area contributed by atoms with Gasteiger partial charge in [-0.2, -0.15) is 11.8 Å². The molecule has 1 heterocycles. The van der Waals surface area contributed by atoms with Gasteiger partial charge in [0.25, 0.3) is 5.91 Å². The number of benzene rings is 2. The highest BCUT2D eigenvalue weighted by atomic mass is 32.2. The first kappa shape index (κ1) is 23.3. The molecule has 0 aliphatic carbocycles. The van der Waals surface area contributed by atoms with Crippen molar-refractivity contribution in [2.75, 3.05) is 23.9 Å². The van der Waals surface area contributed by atoms with Crippen LogP contribution in [0.4, 0.5) is 5.69 Å². The Morgan fingerprint density at radius 2 is 1.66 bits per heavy atom. The van der Waals surface area contributed by atoms with Crippen LogP contribution in [0.15, 0.2) is 71.3 Å². The Morgan fingerprint density at radius 1 is 1.00 bits per heavy atom. The van der Waals surface area contributed by atoms with Gasteiger partial charge in [-0.25, -0.2) is 0 Å². The third-order valence-electron chi connectivity index (χ3n) is 4.47. The van der Waals surface area contributed by atoms with Crippen LogP contribution < -0.4 is 20.1 Å². The van der Waals surface area contributed by atoms with E-state index in [2.05, 4.69) is 10.6 Å². The molecule has 0 saturated heterocycles. The first-order valence-electron chi connectivity index (χ1n) is 10.2. The Kier molecular flexibility index (Phi) is 8.62. The van der Waals surface area contributed by atoms with Gasteiger partial charge >= 0.3 is 0 Å². The molecule has 1 atom stereocenters. The standard InChI is InChI=1S/C24H26N2O5S/c1-3-29-18-10-12-20(13-11-18)31-19-8-6-17(7-9-19)25-23(27)21(14-16-32-2)26-24(28)22-5-4-15-30-22/h4-13,15,21H,3,14,16H2,1-2H3,(H,25,27)(H,26,28)/t21-/m1/s1. The molecule has 2 amide bonds. The zero-order valence-corrected chi connectivity index (χ0v) is 18.8. The van der Waals surface area contributed by atoms with E-state index in [1.54, 1.807) is 48.2 Å². The van der Waals surface area contributed by atoms with E-state index in [0.29, 0.717) is 30.2 Å². The SMILES string of the molecule is CCOc1ccc(Oc2ccc(NC(=O)[C@@H](CCSC)NC(=O)c3ccco3)cc2)cc1. The number of hydrogen-bond donors (Lipinski definition) is 2. The van der Waals surface area contributed by atoms with Crippen molar-refractivity contribution in [3.63, 3.8) is 0 Å². The zero-order chi connectivity index (χ0) is 22.8. The summed E-state index contributed by atoms with van der Waals surface area (Å²) in [6.45, 7) is 2.54. The lowest BCUT2D eigenvalue weighted by molar-refractivity contribution is -0.118. The lowest BCUT2D eigenvalue weighted by Gasteiger charge is -2.17. The van der Waals surface area contributed by atoms with E-state index < -0.39 is 11.9 Å². The number of furan rings is 1. The van der Waals surface area contributed by atoms with Crippen LogP contribution in [0.5, 0.6) is 17.2 Å². The van der Waals surface area contributed by atoms with Crippen LogP contribution in [0.3, 0.4) is 0 Å². The van der Waals surface area contributed by atoms with Gasteiger partial charge in [-0.1, -0.05) is 0 Å². The molecule has 1 aromatic heterocycles. The molecule has 0 aliphatic heterocycles. The minimum atomic E-state index is -0.681. The summed E-state index contributed by atoms with van der Waals surface area (Å²) in [4.78, 5) is 25.1. The summed E-state index contributed by atoms with van der Waals surface area (Å²) in [5.74, 6) is 2.29. The number of nitrogens with one attached hydrogen (secondary N) is 2. The average Bonchev–Trinajstić information content (AvgIpc) is 3.34. The molecule has 0 aliphatic rings. The summed E-state index contributed by atoms with van der Waals surface area (Å²) < 4.78 is 16.4. The monoisotopic (exact) mass is 454 g/mol. The maximum atomic E-state index is 12.8. The summed E-state index contributed by atoms with van der Waals surface area (Å²) >= 11 is 1.61. The summed E-state index contributed by atoms with van der Waals surface area (Å²) in [7, 11) is 0. The molecule has 2 aromatic carbocycles. The fraction of sp³-hybridized carbons (Fsp3) is 0.250. The maximum Gasteiger partial charge on any atom is 0.287 e. The van der Waals surface area contributed by atoms with Gasteiger partial charge in [-0.15, -0.1) is 0 Å². The molecule has 3 aromatic rings. The van der Waals surface area contributed by atoms with Crippen LogP contribution in [0.1, 0.15) is 23.9 Å². The molecule has 0 bridgehead atoms. The van der Waals surface area contributed by atoms with Gasteiger partial charge in [0.2, 0.25) is 5.91 Å². The van der Waals surface area contributed by atoms with Crippen LogP contribution in [0.2, 0.25) is 0 Å². The second-order valence-electron chi connectivity index (χ2n) is 6.80. The highest BCUT2D eigenvalue weighted by Crippen LogP contribution is 2.25. The molecule has 0 saturated carbocycles. The third kappa shape index (κ3) is 6.81. The highest BCUT2D eigenvalue weighted by molar-refractivity contribution is 7.98. The second kappa shape index (κ2) is 11.9. The highest BCUT2D eigenvalue weighted by Gasteiger charge is 2.22. The lowest BCUT2D eigenvalue weighted by atomic mass is 10.2. The predicted molar refractivity (Wildman–Crippen MR) is 126 cm³/mol. The van der Waals surface area contributed by atoms with Crippen LogP contribution in [-0.4, -0.2) is 36.5 Å². The third-order valence-corrected chi connectivity index (χ3v) is 5.11. The molecule has 0 fully saturated rings. The Labute approximate surface area is 191 Å². The van der Waals surface area contributed by atoms with Crippen LogP contribution in [0.25, 0.3) is 0 Å². The zero-order valence-electron chi connectivity index (χ0n) is 18.0. The minimum Gasteiger partial charge on any atom is -0.494 e. The van der Waals surface area contributed by atoms with Crippen molar-refractivity contribution in [2.24, 2.45) is 0 Å². The Morgan fingerprint density at radius 3 is 2.25 bits per heavy atom. The van der Waals surface area contributed by atoms with Crippen molar-refractivity contribution in [3.8, 4) is 17.2 Å². The molecule has 0 spiro atoms. The largest absolute Gasteiger partial charge is 0.494 e. The van der Waals surface area contributed by atoms with Gasteiger partial charge in [0.05, 0.1) is 12.9 Å². The Bertz CT molecular complexity index is 988. The van der Waals surface area contributed by atoms with Crippen molar-refractivity contribution in [2.45, 2.75) is 19.4 Å². The van der Waals surface area contributed by atoms with E-state index in [4.69, 9.17) is 13.9 Å². The summed E-state index contributed by atoms with van der Waals surface area (Å²) in [6.07, 6.45) is 3.87. The number of carbonyl (C=O) groups is 2. The number of carbonyl (C=O) groups excluding carboxylic acids is 2. The summed E-state index contributed by atoms with van der Waals surface area (Å²) in [5, 5.41) is 5.59. The van der Waals surface area contributed by atoms with Crippen molar-refractivity contribution in [1.29, 1.82) is 0 Å². The molecule has 3 rings (SSSR count). The quantitative estimate of drug-likeness (QED) is 0.426. The van der Waals surface area contributed by atoms with Gasteiger partial charge in [0.15, 0.2) is 5.76 Å². The number of amides is 2. The number of anilines is 1. The molecule has 32 heavy (non-hydrogen) atoms. The predicted octanol–water partition coefficient (Wildman–Crippen LogP) is 4.96. The Balaban J connectivity index is 1.59. The van der Waals surface area contributed by atoms with E-state index in [1.807, 2.05) is 37.4 Å². The van der Waals surface area contributed by atoms with Crippen molar-refractivity contribution < 1.29 is 23.5 Å². The number of ether oxygens (including phenoxy) is 2. The molecular formula is C24H26N2O5S.